The van der Waals surface area contributed by atoms with Gasteiger partial charge in [0.05, 0.1) is 11.5 Å². The van der Waals surface area contributed by atoms with Crippen molar-refractivity contribution >= 4 is 33.0 Å². The van der Waals surface area contributed by atoms with Gasteiger partial charge in [0.1, 0.15) is 0 Å². The minimum atomic E-state index is -3.60. The van der Waals surface area contributed by atoms with Crippen LogP contribution in [0.2, 0.25) is 5.02 Å². The molecule has 1 heterocycles. The lowest BCUT2D eigenvalue weighted by atomic mass is 10.3. The van der Waals surface area contributed by atoms with Gasteiger partial charge in [-0.3, -0.25) is 0 Å². The highest BCUT2D eigenvalue weighted by atomic mass is 35.5. The molecule has 0 saturated heterocycles. The van der Waals surface area contributed by atoms with Gasteiger partial charge in [-0.2, -0.15) is 15.6 Å². The summed E-state index contributed by atoms with van der Waals surface area (Å²) < 4.78 is 31.9. The maximum absolute atomic E-state index is 12.7. The van der Waals surface area contributed by atoms with Gasteiger partial charge >= 0.3 is 0 Å². The summed E-state index contributed by atoms with van der Waals surface area (Å²) in [5.41, 5.74) is 0.960. The van der Waals surface area contributed by atoms with Crippen LogP contribution in [-0.4, -0.2) is 33.0 Å². The fourth-order valence-electron chi connectivity index (χ4n) is 1.84. The first-order chi connectivity index (χ1) is 10.0. The van der Waals surface area contributed by atoms with Crippen LogP contribution in [-0.2, 0) is 21.3 Å². The van der Waals surface area contributed by atoms with E-state index in [1.807, 2.05) is 16.8 Å². The fourth-order valence-corrected chi connectivity index (χ4v) is 4.21. The van der Waals surface area contributed by atoms with E-state index in [1.54, 1.807) is 36.6 Å². The van der Waals surface area contributed by atoms with Crippen molar-refractivity contribution in [2.45, 2.75) is 11.4 Å². The Hall–Kier alpha value is -0.920. The Labute approximate surface area is 134 Å². The van der Waals surface area contributed by atoms with Crippen LogP contribution in [0.25, 0.3) is 0 Å². The number of thiophene rings is 1. The number of benzene rings is 1. The molecule has 0 fully saturated rings. The number of nitrogens with zero attached hydrogens (tertiary/aromatic N) is 1. The van der Waals surface area contributed by atoms with E-state index in [4.69, 9.17) is 16.3 Å². The summed E-state index contributed by atoms with van der Waals surface area (Å²) in [5.74, 6) is 0. The molecule has 114 valence electrons. The SMILES string of the molecule is COCCN(Cc1ccsc1)S(=O)(=O)c1cccc(Cl)c1. The number of rotatable bonds is 7. The predicted molar refractivity (Wildman–Crippen MR) is 85.2 cm³/mol. The zero-order valence-corrected chi connectivity index (χ0v) is 13.9. The summed E-state index contributed by atoms with van der Waals surface area (Å²) in [5, 5.41) is 4.27. The summed E-state index contributed by atoms with van der Waals surface area (Å²) in [4.78, 5) is 0.196. The van der Waals surface area contributed by atoms with E-state index in [9.17, 15) is 8.42 Å². The summed E-state index contributed by atoms with van der Waals surface area (Å²) in [6.45, 7) is 0.951. The van der Waals surface area contributed by atoms with Crippen LogP contribution in [0.15, 0.2) is 46.0 Å². The highest BCUT2D eigenvalue weighted by Crippen LogP contribution is 2.22. The number of halogens is 1. The van der Waals surface area contributed by atoms with Gasteiger partial charge in [-0.25, -0.2) is 8.42 Å². The Kier molecular flexibility index (Phi) is 5.78. The number of hydrogen-bond acceptors (Lipinski definition) is 4. The van der Waals surface area contributed by atoms with E-state index >= 15 is 0 Å². The smallest absolute Gasteiger partial charge is 0.243 e. The Morgan fingerprint density at radius 1 is 1.33 bits per heavy atom. The zero-order valence-electron chi connectivity index (χ0n) is 11.5. The second-order valence-corrected chi connectivity index (χ2v) is 7.57. The van der Waals surface area contributed by atoms with Crippen molar-refractivity contribution < 1.29 is 13.2 Å². The van der Waals surface area contributed by atoms with Gasteiger partial charge in [0.15, 0.2) is 0 Å². The van der Waals surface area contributed by atoms with Crippen LogP contribution in [0, 0.1) is 0 Å². The van der Waals surface area contributed by atoms with Gasteiger partial charge in [0.25, 0.3) is 0 Å². The molecule has 0 radical (unpaired) electrons. The van der Waals surface area contributed by atoms with Crippen molar-refractivity contribution in [3.8, 4) is 0 Å². The first-order valence-corrected chi connectivity index (χ1v) is 9.06. The van der Waals surface area contributed by atoms with E-state index in [2.05, 4.69) is 0 Å². The first-order valence-electron chi connectivity index (χ1n) is 6.30. The van der Waals surface area contributed by atoms with Crippen molar-refractivity contribution in [3.63, 3.8) is 0 Å². The van der Waals surface area contributed by atoms with Gasteiger partial charge in [0, 0.05) is 25.2 Å². The van der Waals surface area contributed by atoms with Crippen LogP contribution < -0.4 is 0 Å². The number of sulfonamides is 1. The normalized spacial score (nSPS) is 12.0. The fraction of sp³-hybridized carbons (Fsp3) is 0.286. The summed E-state index contributed by atoms with van der Waals surface area (Å²) in [7, 11) is -2.05. The van der Waals surface area contributed by atoms with Crippen LogP contribution in [0.4, 0.5) is 0 Å². The number of ether oxygens (including phenoxy) is 1. The molecule has 7 heteroatoms. The molecular weight excluding hydrogens is 330 g/mol. The maximum atomic E-state index is 12.7. The van der Waals surface area contributed by atoms with E-state index < -0.39 is 10.0 Å². The van der Waals surface area contributed by atoms with Gasteiger partial charge in [-0.15, -0.1) is 0 Å². The third-order valence-corrected chi connectivity index (χ3v) is 5.73. The molecule has 0 bridgehead atoms. The average molecular weight is 346 g/mol. The lowest BCUT2D eigenvalue weighted by Gasteiger charge is -2.21. The topological polar surface area (TPSA) is 46.6 Å². The minimum absolute atomic E-state index is 0.196. The molecule has 21 heavy (non-hydrogen) atoms. The third kappa shape index (κ3) is 4.28. The second kappa shape index (κ2) is 7.38. The van der Waals surface area contributed by atoms with E-state index in [0.717, 1.165) is 5.56 Å². The highest BCUT2D eigenvalue weighted by Gasteiger charge is 2.24. The van der Waals surface area contributed by atoms with Crippen LogP contribution in [0.3, 0.4) is 0 Å². The maximum Gasteiger partial charge on any atom is 0.243 e. The summed E-state index contributed by atoms with van der Waals surface area (Å²) in [6.07, 6.45) is 0. The van der Waals surface area contributed by atoms with E-state index in [1.165, 1.54) is 10.4 Å². The predicted octanol–water partition coefficient (Wildman–Crippen LogP) is 3.24. The Morgan fingerprint density at radius 3 is 2.76 bits per heavy atom. The average Bonchev–Trinajstić information content (AvgIpc) is 2.96. The molecule has 0 unspecified atom stereocenters. The largest absolute Gasteiger partial charge is 0.383 e. The monoisotopic (exact) mass is 345 g/mol. The third-order valence-electron chi connectivity index (χ3n) is 2.92. The minimum Gasteiger partial charge on any atom is -0.383 e. The van der Waals surface area contributed by atoms with Gasteiger partial charge in [-0.05, 0) is 40.6 Å². The molecule has 0 aliphatic heterocycles. The molecule has 0 amide bonds. The van der Waals surface area contributed by atoms with Crippen LogP contribution in [0.1, 0.15) is 5.56 Å². The van der Waals surface area contributed by atoms with E-state index in [-0.39, 0.29) is 4.90 Å². The zero-order chi connectivity index (χ0) is 15.3. The first kappa shape index (κ1) is 16.5. The second-order valence-electron chi connectivity index (χ2n) is 4.42. The van der Waals surface area contributed by atoms with Crippen molar-refractivity contribution in [1.82, 2.24) is 4.31 Å². The molecule has 0 aliphatic carbocycles. The van der Waals surface area contributed by atoms with Crippen molar-refractivity contribution in [1.29, 1.82) is 0 Å². The van der Waals surface area contributed by atoms with E-state index in [0.29, 0.717) is 24.7 Å². The molecule has 0 atom stereocenters. The van der Waals surface area contributed by atoms with Crippen LogP contribution in [0.5, 0.6) is 0 Å². The molecule has 0 aliphatic rings. The molecular formula is C14H16ClNO3S2. The summed E-state index contributed by atoms with van der Waals surface area (Å²) in [6, 6.07) is 8.21. The Balaban J connectivity index is 2.29. The lowest BCUT2D eigenvalue weighted by Crippen LogP contribution is -2.33. The molecule has 2 rings (SSSR count). The highest BCUT2D eigenvalue weighted by molar-refractivity contribution is 7.89. The Morgan fingerprint density at radius 2 is 2.14 bits per heavy atom. The molecule has 1 aromatic carbocycles. The Bertz CT molecular complexity index is 671. The van der Waals surface area contributed by atoms with Gasteiger partial charge < -0.3 is 4.74 Å². The molecule has 0 saturated carbocycles. The molecule has 0 N–H and O–H groups in total. The molecule has 2 aromatic rings. The number of methoxy groups -OCH3 is 1. The molecule has 4 nitrogen and oxygen atoms in total. The van der Waals surface area contributed by atoms with Gasteiger partial charge in [-0.1, -0.05) is 17.7 Å². The standard InChI is InChI=1S/C14H16ClNO3S2/c1-19-7-6-16(10-12-5-8-20-11-12)21(17,18)14-4-2-3-13(15)9-14/h2-5,8-9,11H,6-7,10H2,1H3. The quantitative estimate of drug-likeness (QED) is 0.774. The molecule has 1 aromatic heterocycles. The lowest BCUT2D eigenvalue weighted by molar-refractivity contribution is 0.177. The van der Waals surface area contributed by atoms with Crippen molar-refractivity contribution in [2.24, 2.45) is 0 Å². The summed E-state index contributed by atoms with van der Waals surface area (Å²) >= 11 is 7.44. The van der Waals surface area contributed by atoms with Crippen LogP contribution >= 0.6 is 22.9 Å². The van der Waals surface area contributed by atoms with Crippen molar-refractivity contribution in [2.75, 3.05) is 20.3 Å². The van der Waals surface area contributed by atoms with Gasteiger partial charge in [0.2, 0.25) is 10.0 Å². The van der Waals surface area contributed by atoms with Crippen molar-refractivity contribution in [3.05, 3.63) is 51.7 Å². The number of hydrogen-bond donors (Lipinski definition) is 0. The molecule has 0 spiro atoms.